The molecule has 0 aliphatic carbocycles. The average molecular weight is 328 g/mol. The molecule has 23 heavy (non-hydrogen) atoms. The van der Waals surface area contributed by atoms with E-state index in [0.717, 1.165) is 18.8 Å². The van der Waals surface area contributed by atoms with E-state index in [1.807, 2.05) is 24.8 Å². The largest absolute Gasteiger partial charge is 0.293 e. The van der Waals surface area contributed by atoms with Gasteiger partial charge in [-0.05, 0) is 18.6 Å². The van der Waals surface area contributed by atoms with Crippen LogP contribution in [-0.2, 0) is 4.79 Å². The molecule has 0 spiro atoms. The number of anilines is 1. The van der Waals surface area contributed by atoms with Gasteiger partial charge in [0.1, 0.15) is 0 Å². The maximum absolute atomic E-state index is 12.4. The Morgan fingerprint density at radius 2 is 2.00 bits per heavy atom. The number of amides is 1. The molecular weight excluding hydrogens is 308 g/mol. The third-order valence-corrected chi connectivity index (χ3v) is 5.24. The minimum Gasteiger partial charge on any atom is -0.293 e. The van der Waals surface area contributed by atoms with Crippen LogP contribution in [0.1, 0.15) is 17.7 Å². The van der Waals surface area contributed by atoms with Crippen LogP contribution in [0.3, 0.4) is 0 Å². The van der Waals surface area contributed by atoms with Crippen molar-refractivity contribution in [1.29, 1.82) is 0 Å². The summed E-state index contributed by atoms with van der Waals surface area (Å²) in [5.41, 5.74) is 1.32. The number of hydrogen-bond donors (Lipinski definition) is 1. The lowest BCUT2D eigenvalue weighted by atomic mass is 10.1. The minimum absolute atomic E-state index is 0.0603. The van der Waals surface area contributed by atoms with Gasteiger partial charge in [-0.3, -0.25) is 15.0 Å². The molecule has 120 valence electrons. The molecule has 2 atom stereocenters. The third-order valence-electron chi connectivity index (χ3n) is 4.00. The van der Waals surface area contributed by atoms with Crippen LogP contribution >= 0.6 is 11.8 Å². The average Bonchev–Trinajstić information content (AvgIpc) is 2.63. The molecule has 6 heteroatoms. The highest BCUT2D eigenvalue weighted by Crippen LogP contribution is 2.33. The van der Waals surface area contributed by atoms with Gasteiger partial charge < -0.3 is 0 Å². The molecule has 0 unspecified atom stereocenters. The van der Waals surface area contributed by atoms with E-state index in [9.17, 15) is 4.79 Å². The molecule has 1 N–H and O–H groups in total. The first kappa shape index (κ1) is 16.0. The number of aromatic nitrogens is 2. The van der Waals surface area contributed by atoms with Crippen LogP contribution in [0.4, 0.5) is 5.95 Å². The van der Waals surface area contributed by atoms with E-state index in [0.29, 0.717) is 11.2 Å². The Morgan fingerprint density at radius 1 is 1.26 bits per heavy atom. The smallest absolute Gasteiger partial charge is 0.243 e. The van der Waals surface area contributed by atoms with Gasteiger partial charge in [0.25, 0.3) is 0 Å². The van der Waals surface area contributed by atoms with Crippen molar-refractivity contribution in [2.75, 3.05) is 24.2 Å². The SMILES string of the molecule is C[C@H](C(=O)Nc1ncccn1)N1CCS[C@H](c2ccccc2)C1. The van der Waals surface area contributed by atoms with Crippen LogP contribution in [0.2, 0.25) is 0 Å². The van der Waals surface area contributed by atoms with E-state index < -0.39 is 0 Å². The van der Waals surface area contributed by atoms with Gasteiger partial charge in [0.15, 0.2) is 0 Å². The molecule has 1 aliphatic rings. The Hall–Kier alpha value is -1.92. The fourth-order valence-corrected chi connectivity index (χ4v) is 3.91. The first-order valence-electron chi connectivity index (χ1n) is 7.72. The van der Waals surface area contributed by atoms with Crippen molar-refractivity contribution < 1.29 is 4.79 Å². The number of nitrogens with zero attached hydrogens (tertiary/aromatic N) is 3. The summed E-state index contributed by atoms with van der Waals surface area (Å²) in [5, 5.41) is 3.19. The molecule has 1 saturated heterocycles. The lowest BCUT2D eigenvalue weighted by Gasteiger charge is -2.35. The Bertz CT molecular complexity index is 638. The summed E-state index contributed by atoms with van der Waals surface area (Å²) in [5.74, 6) is 1.32. The Balaban J connectivity index is 1.62. The molecule has 5 nitrogen and oxygen atoms in total. The quantitative estimate of drug-likeness (QED) is 0.935. The van der Waals surface area contributed by atoms with Gasteiger partial charge in [0.05, 0.1) is 6.04 Å². The second-order valence-corrected chi connectivity index (χ2v) is 6.81. The molecular formula is C17H20N4OS. The second-order valence-electron chi connectivity index (χ2n) is 5.50. The van der Waals surface area contributed by atoms with Crippen LogP contribution in [0.25, 0.3) is 0 Å². The molecule has 1 aliphatic heterocycles. The van der Waals surface area contributed by atoms with Crippen molar-refractivity contribution >= 4 is 23.6 Å². The molecule has 2 aromatic rings. The number of thioether (sulfide) groups is 1. The van der Waals surface area contributed by atoms with Crippen LogP contribution in [0.5, 0.6) is 0 Å². The van der Waals surface area contributed by atoms with Crippen LogP contribution in [0.15, 0.2) is 48.8 Å². The molecule has 1 aromatic carbocycles. The van der Waals surface area contributed by atoms with Crippen LogP contribution < -0.4 is 5.32 Å². The van der Waals surface area contributed by atoms with E-state index in [1.165, 1.54) is 5.56 Å². The third kappa shape index (κ3) is 4.09. The van der Waals surface area contributed by atoms with Gasteiger partial charge in [-0.25, -0.2) is 9.97 Å². The van der Waals surface area contributed by atoms with Crippen LogP contribution in [-0.4, -0.2) is 45.7 Å². The van der Waals surface area contributed by atoms with Crippen LogP contribution in [0, 0.1) is 0 Å². The topological polar surface area (TPSA) is 58.1 Å². The van der Waals surface area contributed by atoms with Gasteiger partial charge >= 0.3 is 0 Å². The molecule has 1 amide bonds. The highest BCUT2D eigenvalue weighted by molar-refractivity contribution is 7.99. The fraction of sp³-hybridized carbons (Fsp3) is 0.353. The number of hydrogen-bond acceptors (Lipinski definition) is 5. The van der Waals surface area contributed by atoms with Crippen molar-refractivity contribution in [3.05, 3.63) is 54.4 Å². The summed E-state index contributed by atoms with van der Waals surface area (Å²) in [4.78, 5) is 22.7. The van der Waals surface area contributed by atoms with Crippen molar-refractivity contribution in [2.45, 2.75) is 18.2 Å². The van der Waals surface area contributed by atoms with E-state index in [-0.39, 0.29) is 11.9 Å². The molecule has 0 radical (unpaired) electrons. The Labute approximate surface area is 140 Å². The van der Waals surface area contributed by atoms with Gasteiger partial charge in [-0.15, -0.1) is 0 Å². The van der Waals surface area contributed by atoms with Gasteiger partial charge in [0.2, 0.25) is 11.9 Å². The fourth-order valence-electron chi connectivity index (χ4n) is 2.63. The van der Waals surface area contributed by atoms with E-state index in [4.69, 9.17) is 0 Å². The summed E-state index contributed by atoms with van der Waals surface area (Å²) >= 11 is 1.96. The predicted molar refractivity (Wildman–Crippen MR) is 93.3 cm³/mol. The van der Waals surface area contributed by atoms with Gasteiger partial charge in [0, 0.05) is 36.5 Å². The number of carbonyl (C=O) groups is 1. The zero-order valence-corrected chi connectivity index (χ0v) is 13.9. The number of nitrogens with one attached hydrogen (secondary N) is 1. The second kappa shape index (κ2) is 7.57. The van der Waals surface area contributed by atoms with E-state index >= 15 is 0 Å². The predicted octanol–water partition coefficient (Wildman–Crippen LogP) is 2.59. The van der Waals surface area contributed by atoms with Gasteiger partial charge in [-0.1, -0.05) is 30.3 Å². The molecule has 0 bridgehead atoms. The summed E-state index contributed by atoms with van der Waals surface area (Å²) in [7, 11) is 0. The molecule has 1 fully saturated rings. The lowest BCUT2D eigenvalue weighted by molar-refractivity contribution is -0.120. The van der Waals surface area contributed by atoms with Crippen molar-refractivity contribution in [3.63, 3.8) is 0 Å². The highest BCUT2D eigenvalue weighted by atomic mass is 32.2. The van der Waals surface area contributed by atoms with E-state index in [1.54, 1.807) is 18.5 Å². The van der Waals surface area contributed by atoms with Gasteiger partial charge in [-0.2, -0.15) is 11.8 Å². The number of carbonyl (C=O) groups excluding carboxylic acids is 1. The summed E-state index contributed by atoms with van der Waals surface area (Å²) in [6.45, 7) is 3.73. The van der Waals surface area contributed by atoms with Crippen molar-refractivity contribution in [3.8, 4) is 0 Å². The highest BCUT2D eigenvalue weighted by Gasteiger charge is 2.28. The first-order valence-corrected chi connectivity index (χ1v) is 8.77. The maximum atomic E-state index is 12.4. The molecule has 2 heterocycles. The zero-order valence-electron chi connectivity index (χ0n) is 13.1. The molecule has 1 aromatic heterocycles. The normalized spacial score (nSPS) is 20.0. The summed E-state index contributed by atoms with van der Waals surface area (Å²) < 4.78 is 0. The van der Waals surface area contributed by atoms with Crippen molar-refractivity contribution in [2.24, 2.45) is 0 Å². The Morgan fingerprint density at radius 3 is 2.74 bits per heavy atom. The Kier molecular flexibility index (Phi) is 5.25. The molecule has 0 saturated carbocycles. The lowest BCUT2D eigenvalue weighted by Crippen LogP contribution is -2.46. The summed E-state index contributed by atoms with van der Waals surface area (Å²) in [6.07, 6.45) is 3.24. The first-order chi connectivity index (χ1) is 11.2. The van der Waals surface area contributed by atoms with Crippen molar-refractivity contribution in [1.82, 2.24) is 14.9 Å². The van der Waals surface area contributed by atoms with E-state index in [2.05, 4.69) is 44.5 Å². The number of benzene rings is 1. The molecule has 3 rings (SSSR count). The zero-order chi connectivity index (χ0) is 16.1. The number of rotatable bonds is 4. The standard InChI is InChI=1S/C17H20N4OS/c1-13(16(22)20-17-18-8-5-9-19-17)21-10-11-23-15(12-21)14-6-3-2-4-7-14/h2-9,13,15H,10-12H2,1H3,(H,18,19,20,22)/t13-,15+/m1/s1. The maximum Gasteiger partial charge on any atom is 0.243 e. The minimum atomic E-state index is -0.203. The summed E-state index contributed by atoms with van der Waals surface area (Å²) in [6, 6.07) is 12.0. The monoisotopic (exact) mass is 328 g/mol.